The van der Waals surface area contributed by atoms with Crippen molar-refractivity contribution in [3.05, 3.63) is 0 Å². The third-order valence-electron chi connectivity index (χ3n) is 3.66. The second-order valence-electron chi connectivity index (χ2n) is 6.60. The van der Waals surface area contributed by atoms with E-state index in [9.17, 15) is 0 Å². The summed E-state index contributed by atoms with van der Waals surface area (Å²) < 4.78 is 0. The fourth-order valence-corrected chi connectivity index (χ4v) is 2.24. The number of unbranched alkanes of at least 4 members (excludes halogenated alkanes) is 13. The molecule has 28 heavy (non-hydrogen) atoms. The highest BCUT2D eigenvalue weighted by Gasteiger charge is 1.89. The lowest BCUT2D eigenvalue weighted by Crippen LogP contribution is -1.79. The highest BCUT2D eigenvalue weighted by atomic mass is 14.0. The van der Waals surface area contributed by atoms with Gasteiger partial charge in [-0.3, -0.25) is 0 Å². The Morgan fingerprint density at radius 1 is 0.250 bits per heavy atom. The smallest absolute Gasteiger partial charge is 0.0533 e. The maximum Gasteiger partial charge on any atom is -0.0533 e. The van der Waals surface area contributed by atoms with Crippen molar-refractivity contribution in [3.8, 4) is 0 Å². The molecule has 0 atom stereocenters. The molecule has 0 radical (unpaired) electrons. The molecule has 0 saturated heterocycles. The molecule has 0 N–H and O–H groups in total. The van der Waals surface area contributed by atoms with Crippen LogP contribution in [0.2, 0.25) is 0 Å². The topological polar surface area (TPSA) is 0 Å². The van der Waals surface area contributed by atoms with Crippen molar-refractivity contribution in [3.63, 3.8) is 0 Å². The zero-order valence-corrected chi connectivity index (χ0v) is 23.3. The lowest BCUT2D eigenvalue weighted by Gasteiger charge is -1.98. The molecule has 0 heterocycles. The summed E-state index contributed by atoms with van der Waals surface area (Å²) in [4.78, 5) is 0. The van der Waals surface area contributed by atoms with Crippen molar-refractivity contribution in [2.75, 3.05) is 0 Å². The highest BCUT2D eigenvalue weighted by Crippen LogP contribution is 2.08. The minimum atomic E-state index is 1.25. The number of hydrogen-bond donors (Lipinski definition) is 0. The molecule has 0 spiro atoms. The molecular formula is C28H68. The first-order valence-corrected chi connectivity index (χ1v) is 13.7. The van der Waals surface area contributed by atoms with Gasteiger partial charge >= 0.3 is 0 Å². The van der Waals surface area contributed by atoms with Gasteiger partial charge in [-0.25, -0.2) is 0 Å². The van der Waals surface area contributed by atoms with E-state index in [1.807, 2.05) is 41.5 Å². The van der Waals surface area contributed by atoms with E-state index in [-0.39, 0.29) is 0 Å². The fourth-order valence-electron chi connectivity index (χ4n) is 2.24. The van der Waals surface area contributed by atoms with Gasteiger partial charge in [0.2, 0.25) is 0 Å². The van der Waals surface area contributed by atoms with Gasteiger partial charge in [-0.15, -0.1) is 0 Å². The van der Waals surface area contributed by atoms with Crippen molar-refractivity contribution in [2.24, 2.45) is 0 Å². The Morgan fingerprint density at radius 3 is 0.464 bits per heavy atom. The van der Waals surface area contributed by atoms with Crippen LogP contribution < -0.4 is 0 Å². The second kappa shape index (κ2) is 71.3. The molecule has 180 valence electrons. The van der Waals surface area contributed by atoms with Gasteiger partial charge in [-0.05, 0) is 0 Å². The minimum absolute atomic E-state index is 1.25. The van der Waals surface area contributed by atoms with Crippen LogP contribution in [-0.2, 0) is 0 Å². The maximum atomic E-state index is 2.27. The largest absolute Gasteiger partial charge is 0.0683 e. The Bertz CT molecular complexity index is 114. The van der Waals surface area contributed by atoms with E-state index in [1.54, 1.807) is 0 Å². The highest BCUT2D eigenvalue weighted by molar-refractivity contribution is 4.44. The Labute approximate surface area is 186 Å². The van der Waals surface area contributed by atoms with Gasteiger partial charge in [0.15, 0.2) is 0 Å². The SMILES string of the molecule is CC.CC.CC.CCC.CCCCCCCC.CCCCCCCCCCC. The summed E-state index contributed by atoms with van der Waals surface area (Å²) in [6.07, 6.45) is 22.7. The summed E-state index contributed by atoms with van der Waals surface area (Å²) in [7, 11) is 0. The van der Waals surface area contributed by atoms with Crippen LogP contribution >= 0.6 is 0 Å². The Morgan fingerprint density at radius 2 is 0.357 bits per heavy atom. The summed E-state index contributed by atoms with van der Waals surface area (Å²) in [5.41, 5.74) is 0. The molecule has 0 aliphatic carbocycles. The molecule has 0 nitrogen and oxygen atoms in total. The van der Waals surface area contributed by atoms with Crippen molar-refractivity contribution in [1.82, 2.24) is 0 Å². The van der Waals surface area contributed by atoms with Gasteiger partial charge in [0.05, 0.1) is 0 Å². The molecule has 0 aromatic carbocycles. The van der Waals surface area contributed by atoms with Gasteiger partial charge in [-0.1, -0.05) is 186 Å². The molecule has 0 fully saturated rings. The number of rotatable bonds is 13. The maximum absolute atomic E-state index is 2.27. The van der Waals surface area contributed by atoms with Crippen LogP contribution in [0.1, 0.15) is 186 Å². The summed E-state index contributed by atoms with van der Waals surface area (Å²) in [5, 5.41) is 0. The molecule has 0 aliphatic rings. The summed E-state index contributed by atoms with van der Waals surface area (Å²) in [6, 6.07) is 0. The van der Waals surface area contributed by atoms with Gasteiger partial charge < -0.3 is 0 Å². The van der Waals surface area contributed by atoms with Crippen molar-refractivity contribution < 1.29 is 0 Å². The summed E-state index contributed by atoms with van der Waals surface area (Å²) in [5.74, 6) is 0. The Kier molecular flexibility index (Phi) is 107. The molecule has 0 heteroatoms. The number of hydrogen-bond acceptors (Lipinski definition) is 0. The summed E-state index contributed by atoms with van der Waals surface area (Å²) >= 11 is 0. The van der Waals surface area contributed by atoms with Crippen molar-refractivity contribution in [1.29, 1.82) is 0 Å². The monoisotopic (exact) mass is 405 g/mol. The first-order chi connectivity index (χ1) is 13.7. The van der Waals surface area contributed by atoms with E-state index >= 15 is 0 Å². The van der Waals surface area contributed by atoms with E-state index in [2.05, 4.69) is 41.5 Å². The van der Waals surface area contributed by atoms with Crippen molar-refractivity contribution >= 4 is 0 Å². The third kappa shape index (κ3) is 96.2. The summed E-state index contributed by atoms with van der Waals surface area (Å²) in [6.45, 7) is 25.3. The average molecular weight is 405 g/mol. The zero-order valence-electron chi connectivity index (χ0n) is 23.3. The molecule has 0 aromatic rings. The lowest BCUT2D eigenvalue weighted by atomic mass is 10.1. The minimum Gasteiger partial charge on any atom is -0.0683 e. The predicted molar refractivity (Wildman–Crippen MR) is 142 cm³/mol. The standard InChI is InChI=1S/C11H24.C8H18.C3H8.3C2H6/c1-3-5-7-9-11-10-8-6-4-2;1-3-5-7-8-6-4-2;1-3-2;3*1-2/h3-11H2,1-2H3;3-8H2,1-2H3;3H2,1-2H3;3*1-2H3. The van der Waals surface area contributed by atoms with Crippen LogP contribution in [0.15, 0.2) is 0 Å². The van der Waals surface area contributed by atoms with Crippen molar-refractivity contribution in [2.45, 2.75) is 186 Å². The first kappa shape index (κ1) is 42.2. The van der Waals surface area contributed by atoms with E-state index in [0.29, 0.717) is 0 Å². The van der Waals surface area contributed by atoms with E-state index in [1.165, 1.54) is 103 Å². The normalized spacial score (nSPS) is 8.14. The van der Waals surface area contributed by atoms with Gasteiger partial charge in [0, 0.05) is 0 Å². The molecule has 0 rings (SSSR count). The Balaban J connectivity index is -0.0000000623. The first-order valence-electron chi connectivity index (χ1n) is 13.7. The third-order valence-corrected chi connectivity index (χ3v) is 3.66. The fraction of sp³-hybridized carbons (Fsp3) is 1.00. The average Bonchev–Trinajstić information content (AvgIpc) is 2.76. The quantitative estimate of drug-likeness (QED) is 0.268. The molecule has 0 amide bonds. The Hall–Kier alpha value is 0. The van der Waals surface area contributed by atoms with Crippen LogP contribution in [0.4, 0.5) is 0 Å². The molecule has 0 saturated carbocycles. The molecule has 0 bridgehead atoms. The molecular weight excluding hydrogens is 336 g/mol. The molecule has 0 aromatic heterocycles. The zero-order chi connectivity index (χ0) is 23.3. The van der Waals surface area contributed by atoms with E-state index in [4.69, 9.17) is 0 Å². The van der Waals surface area contributed by atoms with Gasteiger partial charge in [0.1, 0.15) is 0 Å². The van der Waals surface area contributed by atoms with E-state index < -0.39 is 0 Å². The molecule has 0 aliphatic heterocycles. The van der Waals surface area contributed by atoms with Crippen LogP contribution in [0.5, 0.6) is 0 Å². The van der Waals surface area contributed by atoms with E-state index in [0.717, 1.165) is 0 Å². The van der Waals surface area contributed by atoms with Crippen LogP contribution in [0, 0.1) is 0 Å². The second-order valence-corrected chi connectivity index (χ2v) is 6.60. The van der Waals surface area contributed by atoms with Gasteiger partial charge in [0.25, 0.3) is 0 Å². The molecule has 0 unspecified atom stereocenters. The predicted octanol–water partition coefficient (Wildman–Crippen LogP) is 12.4. The lowest BCUT2D eigenvalue weighted by molar-refractivity contribution is 0.572. The van der Waals surface area contributed by atoms with Gasteiger partial charge in [-0.2, -0.15) is 0 Å². The van der Waals surface area contributed by atoms with Crippen LogP contribution in [0.25, 0.3) is 0 Å². The van der Waals surface area contributed by atoms with Crippen LogP contribution in [-0.4, -0.2) is 0 Å². The van der Waals surface area contributed by atoms with Crippen LogP contribution in [0.3, 0.4) is 0 Å².